The third kappa shape index (κ3) is 5.78. The van der Waals surface area contributed by atoms with Gasteiger partial charge in [-0.15, -0.1) is 0 Å². The minimum absolute atomic E-state index is 0.0786. The molecular formula is C28H34ClN3O4. The molecule has 1 amide bonds. The van der Waals surface area contributed by atoms with Crippen LogP contribution in [0.2, 0.25) is 5.02 Å². The zero-order valence-electron chi connectivity index (χ0n) is 21.6. The summed E-state index contributed by atoms with van der Waals surface area (Å²) in [6, 6.07) is 13.6. The molecule has 0 aliphatic carbocycles. The lowest BCUT2D eigenvalue weighted by Gasteiger charge is -2.38. The van der Waals surface area contributed by atoms with Gasteiger partial charge in [0.15, 0.2) is 0 Å². The Kier molecular flexibility index (Phi) is 7.50. The van der Waals surface area contributed by atoms with E-state index in [1.54, 1.807) is 22.6 Å². The lowest BCUT2D eigenvalue weighted by molar-refractivity contribution is 0.0205. The highest BCUT2D eigenvalue weighted by molar-refractivity contribution is 6.34. The third-order valence-electron chi connectivity index (χ3n) is 6.60. The number of aromatic nitrogens is 1. The molecular weight excluding hydrogens is 478 g/mol. The van der Waals surface area contributed by atoms with Gasteiger partial charge in [0.25, 0.3) is 5.56 Å². The number of anilines is 1. The number of ether oxygens (including phenoxy) is 2. The largest absolute Gasteiger partial charge is 0.497 e. The Labute approximate surface area is 217 Å². The van der Waals surface area contributed by atoms with Gasteiger partial charge in [0, 0.05) is 37.8 Å². The quantitative estimate of drug-likeness (QED) is 0.449. The predicted octanol–water partition coefficient (Wildman–Crippen LogP) is 5.55. The van der Waals surface area contributed by atoms with Gasteiger partial charge in [0.2, 0.25) is 0 Å². The normalized spacial score (nSPS) is 14.7. The summed E-state index contributed by atoms with van der Waals surface area (Å²) >= 11 is 6.70. The number of rotatable bonds is 5. The molecule has 7 nitrogen and oxygen atoms in total. The molecule has 2 aromatic carbocycles. The van der Waals surface area contributed by atoms with Crippen molar-refractivity contribution in [2.24, 2.45) is 0 Å². The number of pyridine rings is 1. The van der Waals surface area contributed by atoms with Crippen LogP contribution in [0.25, 0.3) is 10.8 Å². The fourth-order valence-electron chi connectivity index (χ4n) is 4.58. The predicted molar refractivity (Wildman–Crippen MR) is 145 cm³/mol. The molecule has 4 rings (SSSR count). The molecule has 3 aromatic rings. The van der Waals surface area contributed by atoms with Crippen LogP contribution in [0, 0.1) is 0 Å². The number of fused-ring (bicyclic) bond motifs is 1. The monoisotopic (exact) mass is 511 g/mol. The van der Waals surface area contributed by atoms with Crippen LogP contribution in [-0.2, 0) is 11.3 Å². The van der Waals surface area contributed by atoms with Gasteiger partial charge in [-0.25, -0.2) is 4.79 Å². The van der Waals surface area contributed by atoms with Crippen molar-refractivity contribution in [2.75, 3.05) is 32.1 Å². The molecule has 0 bridgehead atoms. The van der Waals surface area contributed by atoms with Gasteiger partial charge >= 0.3 is 6.09 Å². The number of hydrogen-bond donors (Lipinski definition) is 0. The minimum atomic E-state index is -0.503. The lowest BCUT2D eigenvalue weighted by Crippen LogP contribution is -2.47. The van der Waals surface area contributed by atoms with Crippen LogP contribution in [0.4, 0.5) is 10.5 Å². The molecule has 1 fully saturated rings. The molecule has 36 heavy (non-hydrogen) atoms. The van der Waals surface area contributed by atoms with E-state index in [4.69, 9.17) is 21.1 Å². The van der Waals surface area contributed by atoms with Crippen molar-refractivity contribution in [2.45, 2.75) is 51.8 Å². The zero-order chi connectivity index (χ0) is 26.0. The Hall–Kier alpha value is -3.19. The maximum absolute atomic E-state index is 13.2. The molecule has 1 saturated heterocycles. The molecule has 2 heterocycles. The fraction of sp³-hybridized carbons (Fsp3) is 0.429. The SMILES string of the molecule is COc1ccc(Cn2ccc3cc(N(C)C4CCN(C(=O)OC(C)(C)C)CC4)c(Cl)cc3c2=O)cc1. The van der Waals surface area contributed by atoms with Crippen LogP contribution in [0.1, 0.15) is 39.2 Å². The number of methoxy groups -OCH3 is 1. The van der Waals surface area contributed by atoms with Gasteiger partial charge in [0.05, 0.1) is 24.4 Å². The standard InChI is InChI=1S/C28H34ClN3O4/c1-28(2,3)36-27(34)31-14-11-21(12-15-31)30(4)25-16-20-10-13-32(26(33)23(20)17-24(25)29)18-19-6-8-22(35-5)9-7-19/h6-10,13,16-17,21H,11-12,14-15,18H2,1-5H3. The second-order valence-corrected chi connectivity index (χ2v) is 10.7. The molecule has 192 valence electrons. The molecule has 1 aromatic heterocycles. The fourth-order valence-corrected chi connectivity index (χ4v) is 4.87. The van der Waals surface area contributed by atoms with Gasteiger partial charge in [-0.2, -0.15) is 0 Å². The van der Waals surface area contributed by atoms with Crippen molar-refractivity contribution >= 4 is 34.2 Å². The molecule has 0 atom stereocenters. The van der Waals surface area contributed by atoms with Crippen LogP contribution in [-0.4, -0.2) is 54.5 Å². The van der Waals surface area contributed by atoms with E-state index in [1.807, 2.05) is 70.4 Å². The number of likely N-dealkylation sites (tertiary alicyclic amines) is 1. The Morgan fingerprint density at radius 3 is 2.39 bits per heavy atom. The smallest absolute Gasteiger partial charge is 0.410 e. The topological polar surface area (TPSA) is 64.0 Å². The highest BCUT2D eigenvalue weighted by atomic mass is 35.5. The first-order chi connectivity index (χ1) is 17.1. The molecule has 0 spiro atoms. The van der Waals surface area contributed by atoms with E-state index in [1.165, 1.54) is 0 Å². The molecule has 0 saturated carbocycles. The summed E-state index contributed by atoms with van der Waals surface area (Å²) in [6.45, 7) is 7.35. The highest BCUT2D eigenvalue weighted by Crippen LogP contribution is 2.32. The van der Waals surface area contributed by atoms with Crippen LogP contribution in [0.5, 0.6) is 5.75 Å². The van der Waals surface area contributed by atoms with Crippen LogP contribution in [0.3, 0.4) is 0 Å². The average molecular weight is 512 g/mol. The van der Waals surface area contributed by atoms with E-state index in [2.05, 4.69) is 4.90 Å². The number of benzene rings is 2. The summed E-state index contributed by atoms with van der Waals surface area (Å²) < 4.78 is 12.4. The molecule has 0 N–H and O–H groups in total. The molecule has 0 radical (unpaired) electrons. The van der Waals surface area contributed by atoms with Gasteiger partial charge < -0.3 is 23.8 Å². The van der Waals surface area contributed by atoms with E-state index in [0.29, 0.717) is 30.0 Å². The first-order valence-corrected chi connectivity index (χ1v) is 12.6. The van der Waals surface area contributed by atoms with Crippen LogP contribution >= 0.6 is 11.6 Å². The van der Waals surface area contributed by atoms with E-state index in [-0.39, 0.29) is 17.7 Å². The number of halogens is 1. The number of hydrogen-bond acceptors (Lipinski definition) is 5. The Morgan fingerprint density at radius 2 is 1.78 bits per heavy atom. The summed E-state index contributed by atoms with van der Waals surface area (Å²) in [5.74, 6) is 0.781. The Bertz CT molecular complexity index is 1290. The number of amides is 1. The van der Waals surface area contributed by atoms with Crippen molar-refractivity contribution in [3.8, 4) is 5.75 Å². The molecule has 0 unspecified atom stereocenters. The maximum Gasteiger partial charge on any atom is 0.410 e. The number of carbonyl (C=O) groups is 1. The first kappa shape index (κ1) is 25.9. The van der Waals surface area contributed by atoms with Crippen molar-refractivity contribution in [3.05, 3.63) is 69.6 Å². The van der Waals surface area contributed by atoms with Gasteiger partial charge in [-0.3, -0.25) is 4.79 Å². The number of piperidine rings is 1. The second-order valence-electron chi connectivity index (χ2n) is 10.3. The Morgan fingerprint density at radius 1 is 1.11 bits per heavy atom. The summed E-state index contributed by atoms with van der Waals surface area (Å²) in [6.07, 6.45) is 3.19. The maximum atomic E-state index is 13.2. The van der Waals surface area contributed by atoms with Gasteiger partial charge in [-0.05, 0) is 74.9 Å². The van der Waals surface area contributed by atoms with Crippen LogP contribution < -0.4 is 15.2 Å². The zero-order valence-corrected chi connectivity index (χ0v) is 22.3. The van der Waals surface area contributed by atoms with Gasteiger partial charge in [0.1, 0.15) is 11.4 Å². The van der Waals surface area contributed by atoms with E-state index < -0.39 is 5.60 Å². The number of carbonyl (C=O) groups excluding carboxylic acids is 1. The van der Waals surface area contributed by atoms with Crippen molar-refractivity contribution < 1.29 is 14.3 Å². The highest BCUT2D eigenvalue weighted by Gasteiger charge is 2.29. The van der Waals surface area contributed by atoms with E-state index in [9.17, 15) is 9.59 Å². The van der Waals surface area contributed by atoms with E-state index >= 15 is 0 Å². The first-order valence-electron chi connectivity index (χ1n) is 12.2. The minimum Gasteiger partial charge on any atom is -0.497 e. The van der Waals surface area contributed by atoms with Crippen molar-refractivity contribution in [1.29, 1.82) is 0 Å². The van der Waals surface area contributed by atoms with Crippen molar-refractivity contribution in [1.82, 2.24) is 9.47 Å². The summed E-state index contributed by atoms with van der Waals surface area (Å²) in [4.78, 5) is 29.5. The van der Waals surface area contributed by atoms with E-state index in [0.717, 1.165) is 35.2 Å². The average Bonchev–Trinajstić information content (AvgIpc) is 2.85. The number of nitrogens with zero attached hydrogens (tertiary/aromatic N) is 3. The lowest BCUT2D eigenvalue weighted by atomic mass is 10.0. The third-order valence-corrected chi connectivity index (χ3v) is 6.90. The van der Waals surface area contributed by atoms with Crippen LogP contribution in [0.15, 0.2) is 53.5 Å². The summed E-state index contributed by atoms with van der Waals surface area (Å²) in [5, 5.41) is 1.98. The summed E-state index contributed by atoms with van der Waals surface area (Å²) in [7, 11) is 3.65. The molecule has 1 aliphatic rings. The van der Waals surface area contributed by atoms with Gasteiger partial charge in [-0.1, -0.05) is 23.7 Å². The Balaban J connectivity index is 1.49. The summed E-state index contributed by atoms with van der Waals surface area (Å²) in [5.41, 5.74) is 1.31. The molecule has 8 heteroatoms. The molecule has 1 aliphatic heterocycles. The second kappa shape index (κ2) is 10.4. The van der Waals surface area contributed by atoms with Crippen molar-refractivity contribution in [3.63, 3.8) is 0 Å².